The summed E-state index contributed by atoms with van der Waals surface area (Å²) in [6, 6.07) is 12.1. The van der Waals surface area contributed by atoms with Crippen LogP contribution < -0.4 is 5.32 Å². The molecule has 13 heteroatoms. The van der Waals surface area contributed by atoms with E-state index in [1.54, 1.807) is 0 Å². The smallest absolute Gasteiger partial charge is 0.303 e. The SMILES string of the molecule is CC(=O)OC[C@H]1O[C@H](OCc2ccc3ccccc3c2)[C@@H](NC(=O)C(Cl)(Cl)Cl)[C@@H](OC(C)=O)[C@H]1OC(C)=O. The summed E-state index contributed by atoms with van der Waals surface area (Å²) in [7, 11) is 0. The molecule has 0 saturated carbocycles. The number of carbonyl (C=O) groups excluding carboxylic acids is 4. The monoisotopic (exact) mass is 589 g/mol. The Morgan fingerprint density at radius 1 is 0.895 bits per heavy atom. The Morgan fingerprint density at radius 3 is 2.13 bits per heavy atom. The molecule has 206 valence electrons. The first-order valence-electron chi connectivity index (χ1n) is 11.5. The summed E-state index contributed by atoms with van der Waals surface area (Å²) in [6.45, 7) is 3.07. The summed E-state index contributed by atoms with van der Waals surface area (Å²) < 4.78 is 25.5. The van der Waals surface area contributed by atoms with Gasteiger partial charge in [-0.1, -0.05) is 71.2 Å². The van der Waals surface area contributed by atoms with Gasteiger partial charge in [0.2, 0.25) is 0 Å². The molecular formula is C25H26Cl3NO9. The highest BCUT2D eigenvalue weighted by Gasteiger charge is 2.52. The summed E-state index contributed by atoms with van der Waals surface area (Å²) in [5.41, 5.74) is 0.765. The van der Waals surface area contributed by atoms with Crippen LogP contribution in [0.25, 0.3) is 10.8 Å². The van der Waals surface area contributed by atoms with E-state index in [0.29, 0.717) is 0 Å². The van der Waals surface area contributed by atoms with Gasteiger partial charge in [-0.15, -0.1) is 0 Å². The topological polar surface area (TPSA) is 126 Å². The number of alkyl halides is 3. The Hall–Kier alpha value is -2.63. The molecule has 38 heavy (non-hydrogen) atoms. The van der Waals surface area contributed by atoms with Crippen molar-refractivity contribution < 1.29 is 42.9 Å². The van der Waals surface area contributed by atoms with Gasteiger partial charge in [-0.2, -0.15) is 0 Å². The normalized spacial score (nSPS) is 23.4. The van der Waals surface area contributed by atoms with Gasteiger partial charge in [0.1, 0.15) is 18.8 Å². The number of hydrogen-bond acceptors (Lipinski definition) is 9. The van der Waals surface area contributed by atoms with E-state index in [1.165, 1.54) is 6.92 Å². The second-order valence-corrected chi connectivity index (χ2v) is 10.8. The van der Waals surface area contributed by atoms with Gasteiger partial charge in [-0.3, -0.25) is 19.2 Å². The fourth-order valence-corrected chi connectivity index (χ4v) is 4.10. The van der Waals surface area contributed by atoms with Crippen molar-refractivity contribution >= 4 is 69.4 Å². The number of hydrogen-bond donors (Lipinski definition) is 1. The van der Waals surface area contributed by atoms with Crippen LogP contribution in [0.5, 0.6) is 0 Å². The standard InChI is InChI=1S/C25H26Cl3NO9/c1-13(30)34-12-19-21(36-14(2)31)22(37-15(3)32)20(29-24(33)25(26,27)28)23(38-19)35-11-16-8-9-17-6-4-5-7-18(17)10-16/h4-10,19-23H,11-12H2,1-3H3,(H,29,33)/t19-,20+,21+,22-,23+/m1/s1. The molecule has 0 radical (unpaired) electrons. The van der Waals surface area contributed by atoms with E-state index in [0.717, 1.165) is 30.2 Å². The van der Waals surface area contributed by atoms with Crippen LogP contribution in [0.4, 0.5) is 0 Å². The number of carbonyl (C=O) groups is 4. The van der Waals surface area contributed by atoms with Crippen molar-refractivity contribution in [2.75, 3.05) is 6.61 Å². The highest BCUT2D eigenvalue weighted by molar-refractivity contribution is 6.76. The first kappa shape index (κ1) is 29.9. The average Bonchev–Trinajstić information content (AvgIpc) is 2.83. The molecule has 1 aliphatic heterocycles. The van der Waals surface area contributed by atoms with Gasteiger partial charge in [-0.25, -0.2) is 0 Å². The van der Waals surface area contributed by atoms with E-state index in [2.05, 4.69) is 5.32 Å². The van der Waals surface area contributed by atoms with Crippen LogP contribution in [-0.4, -0.2) is 64.9 Å². The third-order valence-electron chi connectivity index (χ3n) is 5.48. The minimum atomic E-state index is -2.38. The maximum absolute atomic E-state index is 12.6. The minimum Gasteiger partial charge on any atom is -0.463 e. The van der Waals surface area contributed by atoms with Crippen LogP contribution in [0, 0.1) is 0 Å². The summed E-state index contributed by atoms with van der Waals surface area (Å²) in [5.74, 6) is -3.20. The maximum Gasteiger partial charge on any atom is 0.303 e. The molecule has 1 heterocycles. The lowest BCUT2D eigenvalue weighted by Crippen LogP contribution is -2.67. The first-order chi connectivity index (χ1) is 17.8. The Bertz CT molecular complexity index is 1190. The molecule has 0 aromatic heterocycles. The van der Waals surface area contributed by atoms with E-state index >= 15 is 0 Å². The number of fused-ring (bicyclic) bond motifs is 1. The van der Waals surface area contributed by atoms with Gasteiger partial charge >= 0.3 is 17.9 Å². The largest absolute Gasteiger partial charge is 0.463 e. The van der Waals surface area contributed by atoms with Crippen molar-refractivity contribution in [2.45, 2.75) is 61.8 Å². The zero-order chi connectivity index (χ0) is 28.0. The molecule has 0 aliphatic carbocycles. The van der Waals surface area contributed by atoms with Crippen LogP contribution in [-0.2, 0) is 49.5 Å². The van der Waals surface area contributed by atoms with Crippen molar-refractivity contribution in [3.05, 3.63) is 48.0 Å². The molecule has 5 atom stereocenters. The van der Waals surface area contributed by atoms with E-state index < -0.39 is 58.3 Å². The maximum atomic E-state index is 12.6. The number of rotatable bonds is 8. The summed E-state index contributed by atoms with van der Waals surface area (Å²) in [6.07, 6.45) is -5.11. The Kier molecular flexibility index (Phi) is 10.2. The number of halogens is 3. The highest BCUT2D eigenvalue weighted by Crippen LogP contribution is 2.31. The number of ether oxygens (including phenoxy) is 5. The van der Waals surface area contributed by atoms with Crippen LogP contribution in [0.15, 0.2) is 42.5 Å². The highest BCUT2D eigenvalue weighted by atomic mass is 35.6. The minimum absolute atomic E-state index is 0.000941. The summed E-state index contributed by atoms with van der Waals surface area (Å²) >= 11 is 17.3. The summed E-state index contributed by atoms with van der Waals surface area (Å²) in [4.78, 5) is 48.1. The van der Waals surface area contributed by atoms with Crippen LogP contribution in [0.3, 0.4) is 0 Å². The summed E-state index contributed by atoms with van der Waals surface area (Å²) in [5, 5.41) is 4.46. The molecule has 0 unspecified atom stereocenters. The van der Waals surface area contributed by atoms with Crippen molar-refractivity contribution in [1.29, 1.82) is 0 Å². The molecule has 2 aromatic rings. The second kappa shape index (κ2) is 12.9. The molecule has 1 saturated heterocycles. The lowest BCUT2D eigenvalue weighted by molar-refractivity contribution is -0.280. The van der Waals surface area contributed by atoms with Crippen LogP contribution >= 0.6 is 34.8 Å². The lowest BCUT2D eigenvalue weighted by atomic mass is 9.96. The lowest BCUT2D eigenvalue weighted by Gasteiger charge is -2.45. The number of nitrogens with one attached hydrogen (secondary N) is 1. The Balaban J connectivity index is 1.96. The van der Waals surface area contributed by atoms with Gasteiger partial charge in [-0.05, 0) is 22.4 Å². The van der Waals surface area contributed by atoms with Crippen molar-refractivity contribution in [3.63, 3.8) is 0 Å². The molecule has 1 aliphatic rings. The van der Waals surface area contributed by atoms with Gasteiger partial charge < -0.3 is 29.0 Å². The molecule has 1 amide bonds. The van der Waals surface area contributed by atoms with Gasteiger partial charge in [0.25, 0.3) is 9.70 Å². The molecule has 0 spiro atoms. The molecule has 2 aromatic carbocycles. The molecule has 0 bridgehead atoms. The molecule has 10 nitrogen and oxygen atoms in total. The fraction of sp³-hybridized carbons (Fsp3) is 0.440. The zero-order valence-electron chi connectivity index (χ0n) is 20.7. The zero-order valence-corrected chi connectivity index (χ0v) is 22.9. The van der Waals surface area contributed by atoms with Gasteiger partial charge in [0.15, 0.2) is 18.5 Å². The van der Waals surface area contributed by atoms with Crippen molar-refractivity contribution in [1.82, 2.24) is 5.32 Å². The first-order valence-corrected chi connectivity index (χ1v) is 12.6. The predicted octanol–water partition coefficient (Wildman–Crippen LogP) is 3.36. The van der Waals surface area contributed by atoms with Gasteiger partial charge in [0.05, 0.1) is 6.61 Å². The van der Waals surface area contributed by atoms with Crippen molar-refractivity contribution in [3.8, 4) is 0 Å². The molecule has 1 N–H and O–H groups in total. The third kappa shape index (κ3) is 8.18. The average molecular weight is 591 g/mol. The van der Waals surface area contributed by atoms with Gasteiger partial charge in [0, 0.05) is 20.8 Å². The third-order valence-corrected chi connectivity index (χ3v) is 6.00. The van der Waals surface area contributed by atoms with E-state index in [-0.39, 0.29) is 13.2 Å². The molecule has 3 rings (SSSR count). The Labute approximate surface area is 233 Å². The predicted molar refractivity (Wildman–Crippen MR) is 137 cm³/mol. The number of esters is 3. The molecular weight excluding hydrogens is 565 g/mol. The molecule has 1 fully saturated rings. The van der Waals surface area contributed by atoms with Crippen LogP contribution in [0.1, 0.15) is 26.3 Å². The van der Waals surface area contributed by atoms with E-state index in [1.807, 2.05) is 42.5 Å². The number of amides is 1. The van der Waals surface area contributed by atoms with Crippen molar-refractivity contribution in [2.24, 2.45) is 0 Å². The second-order valence-electron chi connectivity index (χ2n) is 8.48. The fourth-order valence-electron chi connectivity index (χ4n) is 3.94. The number of benzene rings is 2. The Morgan fingerprint density at radius 2 is 1.53 bits per heavy atom. The van der Waals surface area contributed by atoms with Crippen LogP contribution in [0.2, 0.25) is 0 Å². The van der Waals surface area contributed by atoms with E-state index in [4.69, 9.17) is 58.5 Å². The quantitative estimate of drug-likeness (QED) is 0.280. The van der Waals surface area contributed by atoms with E-state index in [9.17, 15) is 19.2 Å².